The minimum atomic E-state index is -0.230. The molecular weight excluding hydrogens is 320 g/mol. The Balaban J connectivity index is 2.14. The first kappa shape index (κ1) is 14.5. The molecule has 2 N–H and O–H groups in total. The summed E-state index contributed by atoms with van der Waals surface area (Å²) in [6.45, 7) is 2.83. The molecule has 0 aliphatic rings. The van der Waals surface area contributed by atoms with Crippen molar-refractivity contribution in [3.05, 3.63) is 46.7 Å². The first-order valence-corrected chi connectivity index (χ1v) is 7.12. The molecule has 0 fully saturated rings. The Bertz CT molecular complexity index is 586. The Morgan fingerprint density at radius 3 is 2.85 bits per heavy atom. The lowest BCUT2D eigenvalue weighted by molar-refractivity contribution is 0.102. The zero-order valence-corrected chi connectivity index (χ0v) is 12.6. The molecule has 0 atom stereocenters. The second-order valence-electron chi connectivity index (χ2n) is 4.14. The molecular formula is C14H15BrN4O. The van der Waals surface area contributed by atoms with E-state index in [9.17, 15) is 4.79 Å². The predicted molar refractivity (Wildman–Crippen MR) is 82.9 cm³/mol. The Morgan fingerprint density at radius 2 is 2.15 bits per heavy atom. The molecule has 0 saturated heterocycles. The van der Waals surface area contributed by atoms with Gasteiger partial charge in [-0.25, -0.2) is 9.97 Å². The lowest BCUT2D eigenvalue weighted by Crippen LogP contribution is -2.16. The summed E-state index contributed by atoms with van der Waals surface area (Å²) in [5.41, 5.74) is 0.505. The fraction of sp³-hybridized carbons (Fsp3) is 0.214. The predicted octanol–water partition coefficient (Wildman–Crippen LogP) is 3.31. The summed E-state index contributed by atoms with van der Waals surface area (Å²) >= 11 is 3.30. The molecule has 2 rings (SSSR count). The highest BCUT2D eigenvalue weighted by atomic mass is 79.9. The molecule has 5 nitrogen and oxygen atoms in total. The van der Waals surface area contributed by atoms with Crippen LogP contribution in [0.2, 0.25) is 0 Å². The highest BCUT2D eigenvalue weighted by Gasteiger charge is 2.12. The van der Waals surface area contributed by atoms with Gasteiger partial charge < -0.3 is 10.6 Å². The highest BCUT2D eigenvalue weighted by molar-refractivity contribution is 9.10. The molecule has 0 aliphatic heterocycles. The van der Waals surface area contributed by atoms with E-state index in [2.05, 4.69) is 43.5 Å². The summed E-state index contributed by atoms with van der Waals surface area (Å²) in [5, 5.41) is 5.89. The van der Waals surface area contributed by atoms with Gasteiger partial charge in [-0.05, 0) is 46.6 Å². The Labute approximate surface area is 126 Å². The normalized spacial score (nSPS) is 10.1. The molecule has 6 heteroatoms. The number of hydrogen-bond donors (Lipinski definition) is 2. The largest absolute Gasteiger partial charge is 0.369 e. The third-order valence-corrected chi connectivity index (χ3v) is 3.03. The number of pyridine rings is 2. The van der Waals surface area contributed by atoms with Crippen molar-refractivity contribution in [1.82, 2.24) is 9.97 Å². The number of hydrogen-bond acceptors (Lipinski definition) is 4. The van der Waals surface area contributed by atoms with Crippen molar-refractivity contribution in [2.45, 2.75) is 13.3 Å². The van der Waals surface area contributed by atoms with E-state index in [1.165, 1.54) is 0 Å². The Kier molecular flexibility index (Phi) is 5.06. The lowest BCUT2D eigenvalue weighted by Gasteiger charge is -2.10. The number of halogens is 1. The van der Waals surface area contributed by atoms with E-state index >= 15 is 0 Å². The number of carbonyl (C=O) groups excluding carboxylic acids is 1. The van der Waals surface area contributed by atoms with Crippen LogP contribution in [0, 0.1) is 0 Å². The van der Waals surface area contributed by atoms with Crippen molar-refractivity contribution in [1.29, 1.82) is 0 Å². The van der Waals surface area contributed by atoms with E-state index in [1.54, 1.807) is 30.6 Å². The van der Waals surface area contributed by atoms with Gasteiger partial charge in [-0.3, -0.25) is 4.79 Å². The quantitative estimate of drug-likeness (QED) is 0.880. The third kappa shape index (κ3) is 3.77. The van der Waals surface area contributed by atoms with Crippen LogP contribution >= 0.6 is 15.9 Å². The molecule has 0 saturated carbocycles. The van der Waals surface area contributed by atoms with Crippen molar-refractivity contribution in [2.24, 2.45) is 0 Å². The van der Waals surface area contributed by atoms with E-state index in [4.69, 9.17) is 0 Å². The van der Waals surface area contributed by atoms with Gasteiger partial charge in [-0.2, -0.15) is 0 Å². The Hall–Kier alpha value is -1.95. The minimum Gasteiger partial charge on any atom is -0.369 e. The summed E-state index contributed by atoms with van der Waals surface area (Å²) in [7, 11) is 0. The summed E-state index contributed by atoms with van der Waals surface area (Å²) in [5.74, 6) is 0.860. The second kappa shape index (κ2) is 7.00. The molecule has 20 heavy (non-hydrogen) atoms. The number of nitrogens with zero attached hydrogens (tertiary/aromatic N) is 2. The highest BCUT2D eigenvalue weighted by Crippen LogP contribution is 2.15. The maximum absolute atomic E-state index is 12.2. The average molecular weight is 335 g/mol. The average Bonchev–Trinajstić information content (AvgIpc) is 2.47. The Morgan fingerprint density at radius 1 is 1.30 bits per heavy atom. The van der Waals surface area contributed by atoms with Gasteiger partial charge in [-0.15, -0.1) is 0 Å². The number of rotatable bonds is 5. The number of carbonyl (C=O) groups is 1. The summed E-state index contributed by atoms with van der Waals surface area (Å²) in [6.07, 6.45) is 4.26. The molecule has 2 aromatic rings. The first-order chi connectivity index (χ1) is 9.70. The van der Waals surface area contributed by atoms with Gasteiger partial charge >= 0.3 is 0 Å². The van der Waals surface area contributed by atoms with Gasteiger partial charge in [-0.1, -0.05) is 6.92 Å². The third-order valence-electron chi connectivity index (χ3n) is 2.56. The SMILES string of the molecule is CCCNc1ncccc1C(=O)Nc1ccc(Br)cn1. The van der Waals surface area contributed by atoms with Gasteiger partial charge in [0.1, 0.15) is 11.6 Å². The van der Waals surface area contributed by atoms with Crippen LogP contribution in [-0.4, -0.2) is 22.4 Å². The summed E-state index contributed by atoms with van der Waals surface area (Å²) in [4.78, 5) is 20.5. The van der Waals surface area contributed by atoms with Crippen LogP contribution in [0.1, 0.15) is 23.7 Å². The molecule has 1 amide bonds. The number of aromatic nitrogens is 2. The number of amides is 1. The van der Waals surface area contributed by atoms with Crippen molar-refractivity contribution < 1.29 is 4.79 Å². The van der Waals surface area contributed by atoms with Crippen molar-refractivity contribution in [2.75, 3.05) is 17.2 Å². The van der Waals surface area contributed by atoms with Gasteiger partial charge in [0.15, 0.2) is 0 Å². The number of nitrogens with one attached hydrogen (secondary N) is 2. The first-order valence-electron chi connectivity index (χ1n) is 6.32. The van der Waals surface area contributed by atoms with E-state index < -0.39 is 0 Å². The van der Waals surface area contributed by atoms with Crippen LogP contribution < -0.4 is 10.6 Å². The van der Waals surface area contributed by atoms with E-state index in [0.717, 1.165) is 17.4 Å². The minimum absolute atomic E-state index is 0.230. The topological polar surface area (TPSA) is 66.9 Å². The van der Waals surface area contributed by atoms with E-state index in [0.29, 0.717) is 17.2 Å². The van der Waals surface area contributed by atoms with E-state index in [1.807, 2.05) is 6.07 Å². The van der Waals surface area contributed by atoms with Crippen molar-refractivity contribution >= 4 is 33.5 Å². The van der Waals surface area contributed by atoms with E-state index in [-0.39, 0.29) is 5.91 Å². The van der Waals surface area contributed by atoms with Crippen LogP contribution in [0.15, 0.2) is 41.1 Å². The molecule has 0 bridgehead atoms. The molecule has 2 heterocycles. The van der Waals surface area contributed by atoms with Crippen LogP contribution in [0.25, 0.3) is 0 Å². The maximum Gasteiger partial charge on any atom is 0.260 e. The van der Waals surface area contributed by atoms with Gasteiger partial charge in [0.05, 0.1) is 5.56 Å². The fourth-order valence-electron chi connectivity index (χ4n) is 1.61. The van der Waals surface area contributed by atoms with Gasteiger partial charge in [0.2, 0.25) is 0 Å². The molecule has 0 aliphatic carbocycles. The molecule has 0 unspecified atom stereocenters. The maximum atomic E-state index is 12.2. The zero-order valence-electron chi connectivity index (χ0n) is 11.1. The zero-order chi connectivity index (χ0) is 14.4. The fourth-order valence-corrected chi connectivity index (χ4v) is 1.84. The monoisotopic (exact) mass is 334 g/mol. The summed E-state index contributed by atoms with van der Waals surface area (Å²) in [6, 6.07) is 7.03. The number of anilines is 2. The van der Waals surface area contributed by atoms with Crippen LogP contribution in [0.3, 0.4) is 0 Å². The van der Waals surface area contributed by atoms with Crippen LogP contribution in [-0.2, 0) is 0 Å². The molecule has 0 spiro atoms. The smallest absolute Gasteiger partial charge is 0.260 e. The molecule has 0 aromatic carbocycles. The van der Waals surface area contributed by atoms with Crippen LogP contribution in [0.5, 0.6) is 0 Å². The molecule has 104 valence electrons. The lowest BCUT2D eigenvalue weighted by atomic mass is 10.2. The second-order valence-corrected chi connectivity index (χ2v) is 5.06. The summed E-state index contributed by atoms with van der Waals surface area (Å²) < 4.78 is 0.863. The van der Waals surface area contributed by atoms with Gasteiger partial charge in [0, 0.05) is 23.4 Å². The molecule has 0 radical (unpaired) electrons. The standard InChI is InChI=1S/C14H15BrN4O/c1-2-7-16-13-11(4-3-8-17-13)14(20)19-12-6-5-10(15)9-18-12/h3-6,8-9H,2,7H2,1H3,(H,16,17)(H,18,19,20). The van der Waals surface area contributed by atoms with Crippen molar-refractivity contribution in [3.8, 4) is 0 Å². The molecule has 2 aromatic heterocycles. The van der Waals surface area contributed by atoms with Gasteiger partial charge in [0.25, 0.3) is 5.91 Å². The van der Waals surface area contributed by atoms with Crippen molar-refractivity contribution in [3.63, 3.8) is 0 Å². The van der Waals surface area contributed by atoms with Crippen LogP contribution in [0.4, 0.5) is 11.6 Å².